The minimum atomic E-state index is 0.475. The zero-order valence-corrected chi connectivity index (χ0v) is 20.4. The Labute approximate surface area is 167 Å². The van der Waals surface area contributed by atoms with Gasteiger partial charge in [0.15, 0.2) is 0 Å². The van der Waals surface area contributed by atoms with Crippen molar-refractivity contribution in [3.63, 3.8) is 0 Å². The van der Waals surface area contributed by atoms with E-state index in [2.05, 4.69) is 83.1 Å². The zero-order chi connectivity index (χ0) is 20.4. The summed E-state index contributed by atoms with van der Waals surface area (Å²) in [6.45, 7) is 30.0. The molecule has 1 rings (SSSR count). The van der Waals surface area contributed by atoms with Gasteiger partial charge in [-0.15, -0.1) is 0 Å². The molecule has 0 nitrogen and oxygen atoms in total. The SMILES string of the molecule is CCC(C)C(C)CC(C)C1(C(C)(CC)CC(C)C(C)C(C)C)C(C)C1C. The molecule has 8 atom stereocenters. The second-order valence-electron chi connectivity index (χ2n) is 11.2. The fourth-order valence-electron chi connectivity index (χ4n) is 6.97. The van der Waals surface area contributed by atoms with Crippen molar-refractivity contribution < 1.29 is 0 Å². The van der Waals surface area contributed by atoms with Crippen LogP contribution in [0.2, 0.25) is 0 Å². The van der Waals surface area contributed by atoms with Crippen LogP contribution in [0.3, 0.4) is 0 Å². The highest BCUT2D eigenvalue weighted by molar-refractivity contribution is 5.16. The minimum Gasteiger partial charge on any atom is -0.0651 e. The van der Waals surface area contributed by atoms with Crippen molar-refractivity contribution in [1.29, 1.82) is 0 Å². The van der Waals surface area contributed by atoms with E-state index in [1.165, 1.54) is 25.7 Å². The van der Waals surface area contributed by atoms with E-state index in [0.29, 0.717) is 10.8 Å². The summed E-state index contributed by atoms with van der Waals surface area (Å²) in [7, 11) is 0. The Morgan fingerprint density at radius 3 is 1.65 bits per heavy atom. The van der Waals surface area contributed by atoms with Crippen LogP contribution in [0.1, 0.15) is 109 Å². The predicted octanol–water partition coefficient (Wildman–Crippen LogP) is 8.70. The molecule has 0 heterocycles. The van der Waals surface area contributed by atoms with Gasteiger partial charge in [0.1, 0.15) is 0 Å². The molecule has 0 aliphatic heterocycles. The van der Waals surface area contributed by atoms with Crippen LogP contribution in [-0.2, 0) is 0 Å². The maximum atomic E-state index is 2.65. The largest absolute Gasteiger partial charge is 0.0651 e. The molecule has 1 aliphatic carbocycles. The van der Waals surface area contributed by atoms with Crippen molar-refractivity contribution in [2.24, 2.45) is 58.2 Å². The Hall–Kier alpha value is 0. The molecule has 1 aliphatic rings. The third-order valence-electron chi connectivity index (χ3n) is 9.85. The van der Waals surface area contributed by atoms with E-state index in [0.717, 1.165) is 47.3 Å². The van der Waals surface area contributed by atoms with Crippen molar-refractivity contribution in [2.45, 2.75) is 109 Å². The van der Waals surface area contributed by atoms with Gasteiger partial charge >= 0.3 is 0 Å². The third-order valence-corrected chi connectivity index (χ3v) is 9.85. The van der Waals surface area contributed by atoms with Crippen molar-refractivity contribution in [1.82, 2.24) is 0 Å². The lowest BCUT2D eigenvalue weighted by atomic mass is 9.58. The Morgan fingerprint density at radius 2 is 1.31 bits per heavy atom. The standard InChI is InChI=1S/C26H52/c1-13-18(5)19(6)15-21(8)26(23(10)24(26)11)25(12,14-2)16-20(7)22(9)17(3)4/h17-24H,13-16H2,1-12H3. The molecule has 0 heteroatoms. The van der Waals surface area contributed by atoms with Crippen molar-refractivity contribution in [3.8, 4) is 0 Å². The molecule has 0 aromatic rings. The quantitative estimate of drug-likeness (QED) is 0.344. The van der Waals surface area contributed by atoms with E-state index in [9.17, 15) is 0 Å². The number of hydrogen-bond donors (Lipinski definition) is 0. The van der Waals surface area contributed by atoms with E-state index >= 15 is 0 Å². The summed E-state index contributed by atoms with van der Waals surface area (Å²) in [4.78, 5) is 0. The minimum absolute atomic E-state index is 0.475. The molecule has 26 heavy (non-hydrogen) atoms. The topological polar surface area (TPSA) is 0 Å². The first-order valence-corrected chi connectivity index (χ1v) is 11.9. The molecule has 0 radical (unpaired) electrons. The molecule has 0 spiro atoms. The van der Waals surface area contributed by atoms with Crippen molar-refractivity contribution in [2.75, 3.05) is 0 Å². The summed E-state index contributed by atoms with van der Waals surface area (Å²) in [5.74, 6) is 6.72. The van der Waals surface area contributed by atoms with Crippen LogP contribution < -0.4 is 0 Å². The monoisotopic (exact) mass is 364 g/mol. The average Bonchev–Trinajstić information content (AvgIpc) is 3.15. The maximum absolute atomic E-state index is 2.65. The number of rotatable bonds is 11. The predicted molar refractivity (Wildman–Crippen MR) is 119 cm³/mol. The molecular formula is C26H52. The smallest absolute Gasteiger partial charge is 0.0161 e. The third kappa shape index (κ3) is 4.20. The molecular weight excluding hydrogens is 312 g/mol. The molecule has 1 fully saturated rings. The molecule has 0 saturated heterocycles. The normalized spacial score (nSPS) is 34.0. The van der Waals surface area contributed by atoms with Gasteiger partial charge < -0.3 is 0 Å². The highest BCUT2D eigenvalue weighted by atomic mass is 14.7. The highest BCUT2D eigenvalue weighted by Gasteiger charge is 2.69. The zero-order valence-electron chi connectivity index (χ0n) is 20.4. The van der Waals surface area contributed by atoms with Crippen LogP contribution in [0.25, 0.3) is 0 Å². The van der Waals surface area contributed by atoms with Crippen LogP contribution in [0.5, 0.6) is 0 Å². The van der Waals surface area contributed by atoms with Gasteiger partial charge in [0.25, 0.3) is 0 Å². The van der Waals surface area contributed by atoms with Gasteiger partial charge in [0.05, 0.1) is 0 Å². The Morgan fingerprint density at radius 1 is 0.808 bits per heavy atom. The van der Waals surface area contributed by atoms with Crippen LogP contribution in [0.15, 0.2) is 0 Å². The van der Waals surface area contributed by atoms with Gasteiger partial charge in [-0.3, -0.25) is 0 Å². The van der Waals surface area contributed by atoms with Gasteiger partial charge in [-0.1, -0.05) is 95.9 Å². The summed E-state index contributed by atoms with van der Waals surface area (Å²) < 4.78 is 0. The number of hydrogen-bond acceptors (Lipinski definition) is 0. The van der Waals surface area contributed by atoms with Crippen LogP contribution in [0.4, 0.5) is 0 Å². The van der Waals surface area contributed by atoms with Crippen molar-refractivity contribution >= 4 is 0 Å². The lowest BCUT2D eigenvalue weighted by Crippen LogP contribution is -2.39. The van der Waals surface area contributed by atoms with Crippen LogP contribution >= 0.6 is 0 Å². The van der Waals surface area contributed by atoms with E-state index in [1.54, 1.807) is 0 Å². The summed E-state index contributed by atoms with van der Waals surface area (Å²) >= 11 is 0. The summed E-state index contributed by atoms with van der Waals surface area (Å²) in [5, 5.41) is 0. The maximum Gasteiger partial charge on any atom is -0.0161 e. The fraction of sp³-hybridized carbons (Fsp3) is 1.00. The lowest BCUT2D eigenvalue weighted by Gasteiger charge is -2.47. The van der Waals surface area contributed by atoms with Crippen molar-refractivity contribution in [3.05, 3.63) is 0 Å². The van der Waals surface area contributed by atoms with Crippen LogP contribution in [0, 0.1) is 58.2 Å². The second-order valence-corrected chi connectivity index (χ2v) is 11.2. The second kappa shape index (κ2) is 9.00. The Balaban J connectivity index is 3.08. The van der Waals surface area contributed by atoms with Gasteiger partial charge in [0, 0.05) is 0 Å². The van der Waals surface area contributed by atoms with Gasteiger partial charge in [-0.05, 0) is 71.0 Å². The molecule has 0 amide bonds. The summed E-state index contributed by atoms with van der Waals surface area (Å²) in [6.07, 6.45) is 5.46. The molecule has 1 saturated carbocycles. The average molecular weight is 365 g/mol. The van der Waals surface area contributed by atoms with E-state index in [4.69, 9.17) is 0 Å². The first-order chi connectivity index (χ1) is 11.9. The first kappa shape index (κ1) is 24.0. The van der Waals surface area contributed by atoms with E-state index in [-0.39, 0.29) is 0 Å². The first-order valence-electron chi connectivity index (χ1n) is 11.9. The van der Waals surface area contributed by atoms with Crippen LogP contribution in [-0.4, -0.2) is 0 Å². The van der Waals surface area contributed by atoms with Gasteiger partial charge in [0.2, 0.25) is 0 Å². The van der Waals surface area contributed by atoms with E-state index in [1.807, 2.05) is 0 Å². The lowest BCUT2D eigenvalue weighted by molar-refractivity contribution is 0.0201. The molecule has 0 aromatic heterocycles. The van der Waals surface area contributed by atoms with Gasteiger partial charge in [-0.2, -0.15) is 0 Å². The Kier molecular flexibility index (Phi) is 8.32. The molecule has 0 bridgehead atoms. The summed E-state index contributed by atoms with van der Waals surface area (Å²) in [5.41, 5.74) is 1.03. The molecule has 0 N–H and O–H groups in total. The van der Waals surface area contributed by atoms with E-state index < -0.39 is 0 Å². The highest BCUT2D eigenvalue weighted by Crippen LogP contribution is 2.74. The molecule has 0 aromatic carbocycles. The molecule has 156 valence electrons. The fourth-order valence-corrected chi connectivity index (χ4v) is 6.97. The molecule has 8 unspecified atom stereocenters. The Bertz CT molecular complexity index is 414. The summed E-state index contributed by atoms with van der Waals surface area (Å²) in [6, 6.07) is 0. The van der Waals surface area contributed by atoms with Gasteiger partial charge in [-0.25, -0.2) is 0 Å².